The zero-order chi connectivity index (χ0) is 16.3. The zero-order valence-corrected chi connectivity index (χ0v) is 13.7. The minimum absolute atomic E-state index is 0.0894. The van der Waals surface area contributed by atoms with E-state index in [4.69, 9.17) is 46.4 Å². The molecular weight excluding hydrogens is 372 g/mol. The third-order valence-corrected chi connectivity index (χ3v) is 3.74. The highest BCUT2D eigenvalue weighted by molar-refractivity contribution is 6.41. The molecule has 0 unspecified atom stereocenters. The standard InChI is InChI=1S/C13H7Cl4N3O2/c14-8-4-11(16)13(12(17)5-8)19-18-6-7-3-9(20(21)22)1-2-10(7)15/h1-6,19H. The normalized spacial score (nSPS) is 10.9. The van der Waals surface area contributed by atoms with Crippen molar-refractivity contribution in [2.24, 2.45) is 5.10 Å². The van der Waals surface area contributed by atoms with Crippen LogP contribution in [0.2, 0.25) is 20.1 Å². The summed E-state index contributed by atoms with van der Waals surface area (Å²) in [5.41, 5.74) is 3.31. The van der Waals surface area contributed by atoms with Crippen molar-refractivity contribution in [3.05, 3.63) is 66.1 Å². The van der Waals surface area contributed by atoms with E-state index in [1.807, 2.05) is 0 Å². The van der Waals surface area contributed by atoms with Crippen molar-refractivity contribution in [1.29, 1.82) is 0 Å². The fourth-order valence-corrected chi connectivity index (χ4v) is 2.63. The first kappa shape index (κ1) is 16.8. The molecule has 22 heavy (non-hydrogen) atoms. The Bertz CT molecular complexity index is 742. The number of nitro benzene ring substituents is 1. The van der Waals surface area contributed by atoms with Crippen LogP contribution in [-0.2, 0) is 0 Å². The molecular formula is C13H7Cl4N3O2. The lowest BCUT2D eigenvalue weighted by atomic mass is 10.2. The highest BCUT2D eigenvalue weighted by atomic mass is 35.5. The summed E-state index contributed by atoms with van der Waals surface area (Å²) < 4.78 is 0. The van der Waals surface area contributed by atoms with Crippen molar-refractivity contribution in [2.45, 2.75) is 0 Å². The van der Waals surface area contributed by atoms with Crippen molar-refractivity contribution < 1.29 is 4.92 Å². The molecule has 0 spiro atoms. The molecule has 0 radical (unpaired) electrons. The lowest BCUT2D eigenvalue weighted by molar-refractivity contribution is -0.384. The second kappa shape index (κ2) is 7.15. The van der Waals surface area contributed by atoms with Crippen LogP contribution in [0, 0.1) is 10.1 Å². The van der Waals surface area contributed by atoms with Crippen molar-refractivity contribution >= 4 is 64.0 Å². The molecule has 0 atom stereocenters. The van der Waals surface area contributed by atoms with Crippen LogP contribution in [0.15, 0.2) is 35.4 Å². The first-order valence-electron chi connectivity index (χ1n) is 5.76. The average Bonchev–Trinajstić information content (AvgIpc) is 2.43. The summed E-state index contributed by atoms with van der Waals surface area (Å²) in [6.45, 7) is 0. The molecule has 0 amide bonds. The summed E-state index contributed by atoms with van der Waals surface area (Å²) >= 11 is 23.7. The van der Waals surface area contributed by atoms with E-state index in [1.54, 1.807) is 0 Å². The number of rotatable bonds is 4. The highest BCUT2D eigenvalue weighted by Crippen LogP contribution is 2.33. The van der Waals surface area contributed by atoms with Gasteiger partial charge in [0.05, 0.1) is 26.9 Å². The van der Waals surface area contributed by atoms with E-state index in [1.165, 1.54) is 36.5 Å². The van der Waals surface area contributed by atoms with Gasteiger partial charge in [0, 0.05) is 27.7 Å². The van der Waals surface area contributed by atoms with Crippen molar-refractivity contribution in [2.75, 3.05) is 5.43 Å². The summed E-state index contributed by atoms with van der Waals surface area (Å²) in [7, 11) is 0. The number of anilines is 1. The predicted molar refractivity (Wildman–Crippen MR) is 90.8 cm³/mol. The molecule has 0 aliphatic heterocycles. The molecule has 0 aliphatic rings. The van der Waals surface area contributed by atoms with Crippen LogP contribution < -0.4 is 5.43 Å². The summed E-state index contributed by atoms with van der Waals surface area (Å²) in [4.78, 5) is 10.2. The van der Waals surface area contributed by atoms with Crippen LogP contribution in [0.4, 0.5) is 11.4 Å². The van der Waals surface area contributed by atoms with E-state index < -0.39 is 4.92 Å². The summed E-state index contributed by atoms with van der Waals surface area (Å²) in [6, 6.07) is 7.04. The van der Waals surface area contributed by atoms with Crippen LogP contribution in [0.1, 0.15) is 5.56 Å². The highest BCUT2D eigenvalue weighted by Gasteiger charge is 2.09. The van der Waals surface area contributed by atoms with Crippen LogP contribution in [0.5, 0.6) is 0 Å². The second-order valence-electron chi connectivity index (χ2n) is 4.08. The Morgan fingerprint density at radius 3 is 2.27 bits per heavy atom. The predicted octanol–water partition coefficient (Wildman–Crippen LogP) is 5.65. The van der Waals surface area contributed by atoms with Gasteiger partial charge in [0.1, 0.15) is 0 Å². The zero-order valence-electron chi connectivity index (χ0n) is 10.7. The van der Waals surface area contributed by atoms with Gasteiger partial charge in [-0.25, -0.2) is 0 Å². The second-order valence-corrected chi connectivity index (χ2v) is 5.74. The third kappa shape index (κ3) is 4.01. The maximum Gasteiger partial charge on any atom is 0.270 e. The first-order valence-corrected chi connectivity index (χ1v) is 7.27. The van der Waals surface area contributed by atoms with Gasteiger partial charge in [0.2, 0.25) is 0 Å². The van der Waals surface area contributed by atoms with Crippen LogP contribution >= 0.6 is 46.4 Å². The van der Waals surface area contributed by atoms with Gasteiger partial charge >= 0.3 is 0 Å². The molecule has 0 fully saturated rings. The van der Waals surface area contributed by atoms with Gasteiger partial charge in [0.25, 0.3) is 5.69 Å². The summed E-state index contributed by atoms with van der Waals surface area (Å²) in [5, 5.41) is 16.0. The van der Waals surface area contributed by atoms with E-state index >= 15 is 0 Å². The Labute approximate surface area is 145 Å². The van der Waals surface area contributed by atoms with Gasteiger partial charge < -0.3 is 0 Å². The molecule has 2 aromatic rings. The first-order chi connectivity index (χ1) is 10.4. The van der Waals surface area contributed by atoms with E-state index in [2.05, 4.69) is 10.5 Å². The Kier molecular flexibility index (Phi) is 5.47. The van der Waals surface area contributed by atoms with Crippen molar-refractivity contribution in [3.8, 4) is 0 Å². The third-order valence-electron chi connectivity index (χ3n) is 2.58. The Morgan fingerprint density at radius 1 is 1.05 bits per heavy atom. The molecule has 114 valence electrons. The van der Waals surface area contributed by atoms with Crippen molar-refractivity contribution in [1.82, 2.24) is 0 Å². The van der Waals surface area contributed by atoms with E-state index in [0.29, 0.717) is 31.3 Å². The fraction of sp³-hybridized carbons (Fsp3) is 0. The SMILES string of the molecule is O=[N+]([O-])c1ccc(Cl)c(C=NNc2c(Cl)cc(Cl)cc2Cl)c1. The van der Waals surface area contributed by atoms with Gasteiger partial charge in [-0.05, 0) is 18.2 Å². The number of nitrogens with one attached hydrogen (secondary N) is 1. The topological polar surface area (TPSA) is 67.5 Å². The maximum absolute atomic E-state index is 10.7. The Balaban J connectivity index is 2.23. The molecule has 2 rings (SSSR count). The summed E-state index contributed by atoms with van der Waals surface area (Å²) in [5.74, 6) is 0. The quantitative estimate of drug-likeness (QED) is 0.424. The number of halogens is 4. The molecule has 2 aromatic carbocycles. The molecule has 0 saturated carbocycles. The largest absolute Gasteiger partial charge is 0.275 e. The minimum Gasteiger partial charge on any atom is -0.275 e. The lowest BCUT2D eigenvalue weighted by Crippen LogP contribution is -1.95. The molecule has 5 nitrogen and oxygen atoms in total. The Hall–Kier alpha value is -1.53. The monoisotopic (exact) mass is 377 g/mol. The molecule has 9 heteroatoms. The molecule has 0 aromatic heterocycles. The number of benzene rings is 2. The van der Waals surface area contributed by atoms with Crippen LogP contribution in [0.3, 0.4) is 0 Å². The maximum atomic E-state index is 10.7. The van der Waals surface area contributed by atoms with Crippen LogP contribution in [-0.4, -0.2) is 11.1 Å². The molecule has 1 N–H and O–H groups in total. The van der Waals surface area contributed by atoms with E-state index in [9.17, 15) is 10.1 Å². The number of nitro groups is 1. The Morgan fingerprint density at radius 2 is 1.68 bits per heavy atom. The number of nitrogens with zero attached hydrogens (tertiary/aromatic N) is 2. The van der Waals surface area contributed by atoms with Crippen LogP contribution in [0.25, 0.3) is 0 Å². The van der Waals surface area contributed by atoms with E-state index in [-0.39, 0.29) is 5.69 Å². The number of hydrazone groups is 1. The van der Waals surface area contributed by atoms with Gasteiger partial charge in [-0.3, -0.25) is 15.5 Å². The number of non-ortho nitro benzene ring substituents is 1. The molecule has 0 aliphatic carbocycles. The van der Waals surface area contributed by atoms with Gasteiger partial charge in [-0.1, -0.05) is 46.4 Å². The number of hydrogen-bond acceptors (Lipinski definition) is 4. The smallest absolute Gasteiger partial charge is 0.270 e. The average molecular weight is 379 g/mol. The molecule has 0 bridgehead atoms. The van der Waals surface area contributed by atoms with Gasteiger partial charge in [-0.15, -0.1) is 0 Å². The molecule has 0 saturated heterocycles. The fourth-order valence-electron chi connectivity index (χ4n) is 1.56. The van der Waals surface area contributed by atoms with E-state index in [0.717, 1.165) is 0 Å². The van der Waals surface area contributed by atoms with Gasteiger partial charge in [0.15, 0.2) is 0 Å². The van der Waals surface area contributed by atoms with Crippen molar-refractivity contribution in [3.63, 3.8) is 0 Å². The lowest BCUT2D eigenvalue weighted by Gasteiger charge is -2.06. The number of hydrogen-bond donors (Lipinski definition) is 1. The minimum atomic E-state index is -0.520. The summed E-state index contributed by atoms with van der Waals surface area (Å²) in [6.07, 6.45) is 1.33. The molecule has 0 heterocycles. The van der Waals surface area contributed by atoms with Gasteiger partial charge in [-0.2, -0.15) is 5.10 Å².